The van der Waals surface area contributed by atoms with Gasteiger partial charge in [0.1, 0.15) is 13.6 Å². The Hall–Kier alpha value is -0.445. The van der Waals surface area contributed by atoms with Crippen LogP contribution in [0.25, 0.3) is 0 Å². The van der Waals surface area contributed by atoms with E-state index in [1.54, 1.807) is 32.5 Å². The predicted octanol–water partition coefficient (Wildman–Crippen LogP) is 1.89. The highest BCUT2D eigenvalue weighted by atomic mass is 32.2. The molecule has 0 bridgehead atoms. The molecule has 0 aromatic heterocycles. The van der Waals surface area contributed by atoms with Gasteiger partial charge in [0.05, 0.1) is 5.75 Å². The Morgan fingerprint density at radius 3 is 2.18 bits per heavy atom. The van der Waals surface area contributed by atoms with Crippen molar-refractivity contribution in [2.24, 2.45) is 0 Å². The number of amides is 1. The maximum atomic E-state index is 11.6. The van der Waals surface area contributed by atoms with Crippen LogP contribution in [0.5, 0.6) is 0 Å². The molecule has 0 saturated heterocycles. The van der Waals surface area contributed by atoms with Gasteiger partial charge in [0.2, 0.25) is 5.91 Å². The highest BCUT2D eigenvalue weighted by molar-refractivity contribution is 8.01. The zero-order valence-corrected chi connectivity index (χ0v) is 12.2. The van der Waals surface area contributed by atoms with Crippen LogP contribution in [0.15, 0.2) is 0 Å². The Bertz CT molecular complexity index is 285. The fourth-order valence-electron chi connectivity index (χ4n) is 1.21. The second-order valence-corrected chi connectivity index (χ2v) is 7.20. The van der Waals surface area contributed by atoms with Crippen molar-refractivity contribution in [2.75, 3.05) is 5.75 Å². The van der Waals surface area contributed by atoms with Crippen LogP contribution in [0, 0.1) is 0 Å². The van der Waals surface area contributed by atoms with Gasteiger partial charge < -0.3 is 10.1 Å². The topological polar surface area (TPSA) is 46.2 Å². The molecule has 0 rings (SSSR count). The monoisotopic (exact) mass is 255 g/mol. The molecule has 3 nitrogen and oxygen atoms in total. The molecule has 0 aliphatic carbocycles. The summed E-state index contributed by atoms with van der Waals surface area (Å²) in [5.41, 5.74) is -0.679. The van der Waals surface area contributed by atoms with Crippen molar-refractivity contribution >= 4 is 31.3 Å². The van der Waals surface area contributed by atoms with Gasteiger partial charge in [-0.05, 0) is 18.8 Å². The maximum Gasteiger partial charge on any atom is 0.229 e. The summed E-state index contributed by atoms with van der Waals surface area (Å²) in [6.07, 6.45) is 1.34. The molecule has 17 heavy (non-hydrogen) atoms. The number of hydrogen-bond acceptors (Lipinski definition) is 3. The fourth-order valence-corrected chi connectivity index (χ4v) is 2.05. The van der Waals surface area contributed by atoms with Gasteiger partial charge in [-0.3, -0.25) is 4.79 Å². The summed E-state index contributed by atoms with van der Waals surface area (Å²) < 4.78 is -0.0677. The molecule has 0 aromatic carbocycles. The maximum absolute atomic E-state index is 11.6. The predicted molar refractivity (Wildman–Crippen MR) is 74.4 cm³/mol. The summed E-state index contributed by atoms with van der Waals surface area (Å²) in [7, 11) is 5.69. The molecule has 0 aliphatic heterocycles. The zero-order valence-electron chi connectivity index (χ0n) is 11.4. The lowest BCUT2D eigenvalue weighted by Gasteiger charge is -2.25. The summed E-state index contributed by atoms with van der Waals surface area (Å²) in [4.78, 5) is 22.5. The molecular formula is C12H22BNO2S. The van der Waals surface area contributed by atoms with E-state index < -0.39 is 5.44 Å². The summed E-state index contributed by atoms with van der Waals surface area (Å²) in [5.74, 6) is 0.482. The average molecular weight is 255 g/mol. The largest absolute Gasteiger partial charge is 0.359 e. The van der Waals surface area contributed by atoms with Crippen molar-refractivity contribution < 1.29 is 9.59 Å². The molecule has 0 aliphatic rings. The molecule has 0 fully saturated rings. The molecule has 0 spiro atoms. The van der Waals surface area contributed by atoms with Crippen molar-refractivity contribution in [1.82, 2.24) is 5.32 Å². The van der Waals surface area contributed by atoms with Crippen LogP contribution in [0.1, 0.15) is 47.5 Å². The van der Waals surface area contributed by atoms with Crippen molar-refractivity contribution in [3.8, 4) is 0 Å². The lowest BCUT2D eigenvalue weighted by atomic mass is 9.82. The van der Waals surface area contributed by atoms with E-state index in [1.807, 2.05) is 13.8 Å². The number of Topliss-reactive ketones (excluding diaryl/α,β-unsaturated/α-hetero) is 1. The second-order valence-electron chi connectivity index (χ2n) is 5.52. The first-order chi connectivity index (χ1) is 7.52. The van der Waals surface area contributed by atoms with E-state index in [-0.39, 0.29) is 16.4 Å². The third-order valence-electron chi connectivity index (χ3n) is 2.13. The van der Waals surface area contributed by atoms with E-state index in [2.05, 4.69) is 5.32 Å². The number of carbonyl (C=O) groups is 2. The number of carbonyl (C=O) groups excluding carboxylic acids is 2. The molecule has 1 N–H and O–H groups in total. The average Bonchev–Trinajstić information content (AvgIpc) is 2.09. The van der Waals surface area contributed by atoms with Gasteiger partial charge in [0, 0.05) is 11.2 Å². The Morgan fingerprint density at radius 1 is 1.24 bits per heavy atom. The van der Waals surface area contributed by atoms with E-state index in [0.29, 0.717) is 12.2 Å². The zero-order chi connectivity index (χ0) is 13.7. The minimum absolute atomic E-state index is 0.0677. The van der Waals surface area contributed by atoms with Crippen LogP contribution < -0.4 is 5.32 Å². The minimum atomic E-state index is -0.679. The van der Waals surface area contributed by atoms with Crippen LogP contribution in [0.2, 0.25) is 0 Å². The van der Waals surface area contributed by atoms with E-state index in [0.717, 1.165) is 6.42 Å². The van der Waals surface area contributed by atoms with Crippen molar-refractivity contribution in [3.63, 3.8) is 0 Å². The fraction of sp³-hybridized carbons (Fsp3) is 0.833. The first-order valence-corrected chi connectivity index (χ1v) is 6.74. The summed E-state index contributed by atoms with van der Waals surface area (Å²) in [5, 5.41) is 2.71. The van der Waals surface area contributed by atoms with Crippen LogP contribution in [0.3, 0.4) is 0 Å². The van der Waals surface area contributed by atoms with E-state index >= 15 is 0 Å². The SMILES string of the molecule is [B]C(C)(C)NC(=O)CSC(C)(C)CCC(C)=O. The number of ketones is 1. The Labute approximate surface area is 110 Å². The highest BCUT2D eigenvalue weighted by Crippen LogP contribution is 2.29. The van der Waals surface area contributed by atoms with E-state index in [4.69, 9.17) is 7.85 Å². The van der Waals surface area contributed by atoms with Gasteiger partial charge in [0.15, 0.2) is 0 Å². The van der Waals surface area contributed by atoms with Gasteiger partial charge >= 0.3 is 0 Å². The number of rotatable bonds is 7. The van der Waals surface area contributed by atoms with E-state index in [9.17, 15) is 9.59 Å². The third kappa shape index (κ3) is 10.4. The summed E-state index contributed by atoms with van der Waals surface area (Å²) >= 11 is 1.55. The van der Waals surface area contributed by atoms with Crippen LogP contribution in [-0.4, -0.2) is 35.5 Å². The lowest BCUT2D eigenvalue weighted by Crippen LogP contribution is -2.45. The van der Waals surface area contributed by atoms with Crippen molar-refractivity contribution in [2.45, 2.75) is 57.6 Å². The summed E-state index contributed by atoms with van der Waals surface area (Å²) in [6.45, 7) is 9.17. The van der Waals surface area contributed by atoms with Crippen LogP contribution in [0.4, 0.5) is 0 Å². The van der Waals surface area contributed by atoms with Gasteiger partial charge in [-0.15, -0.1) is 11.8 Å². The van der Waals surface area contributed by atoms with Gasteiger partial charge in [-0.25, -0.2) is 0 Å². The normalized spacial score (nSPS) is 12.3. The number of nitrogens with one attached hydrogen (secondary N) is 1. The van der Waals surface area contributed by atoms with Gasteiger partial charge in [0.25, 0.3) is 0 Å². The molecule has 0 unspecified atom stereocenters. The molecule has 1 amide bonds. The highest BCUT2D eigenvalue weighted by Gasteiger charge is 2.21. The molecular weight excluding hydrogens is 233 g/mol. The molecule has 2 radical (unpaired) electrons. The van der Waals surface area contributed by atoms with Gasteiger partial charge in [-0.1, -0.05) is 27.7 Å². The van der Waals surface area contributed by atoms with E-state index in [1.165, 1.54) is 0 Å². The van der Waals surface area contributed by atoms with Gasteiger partial charge in [-0.2, -0.15) is 0 Å². The molecule has 0 atom stereocenters. The molecule has 0 aromatic rings. The molecule has 96 valence electrons. The minimum Gasteiger partial charge on any atom is -0.359 e. The first-order valence-electron chi connectivity index (χ1n) is 5.75. The first kappa shape index (κ1) is 16.6. The van der Waals surface area contributed by atoms with Crippen LogP contribution in [-0.2, 0) is 9.59 Å². The second kappa shape index (κ2) is 6.48. The standard InChI is InChI=1S/C12H22BNO2S/c1-9(15)6-7-11(2,3)17-8-10(16)14-12(4,5)13/h6-8H2,1-5H3,(H,14,16). The number of hydrogen-bond donors (Lipinski definition) is 1. The molecule has 0 saturated carbocycles. The van der Waals surface area contributed by atoms with Crippen molar-refractivity contribution in [1.29, 1.82) is 0 Å². The molecule has 5 heteroatoms. The molecule has 0 heterocycles. The Morgan fingerprint density at radius 2 is 1.76 bits per heavy atom. The third-order valence-corrected chi connectivity index (χ3v) is 3.53. The Balaban J connectivity index is 4.00. The smallest absolute Gasteiger partial charge is 0.229 e. The lowest BCUT2D eigenvalue weighted by molar-refractivity contribution is -0.119. The van der Waals surface area contributed by atoms with Crippen molar-refractivity contribution in [3.05, 3.63) is 0 Å². The van der Waals surface area contributed by atoms with Crippen LogP contribution >= 0.6 is 11.8 Å². The summed E-state index contributed by atoms with van der Waals surface area (Å²) in [6, 6.07) is 0. The quantitative estimate of drug-likeness (QED) is 0.706. The number of thioether (sulfide) groups is 1. The Kier molecular flexibility index (Phi) is 6.31.